The molecule has 0 aliphatic carbocycles. The van der Waals surface area contributed by atoms with Gasteiger partial charge in [-0.3, -0.25) is 9.69 Å². The first-order chi connectivity index (χ1) is 8.15. The normalized spacial score (nSPS) is 10.6. The van der Waals surface area contributed by atoms with Crippen molar-refractivity contribution in [3.05, 3.63) is 29.8 Å². The molecular formula is C13H21N3O. The smallest absolute Gasteiger partial charge is 0.238 e. The summed E-state index contributed by atoms with van der Waals surface area (Å²) >= 11 is 0. The Morgan fingerprint density at radius 2 is 2.24 bits per heavy atom. The number of anilines is 1. The van der Waals surface area contributed by atoms with Crippen LogP contribution in [0.25, 0.3) is 0 Å². The predicted molar refractivity (Wildman–Crippen MR) is 71.0 cm³/mol. The minimum Gasteiger partial charge on any atom is -0.329 e. The molecule has 4 nitrogen and oxygen atoms in total. The Balaban J connectivity index is 2.49. The molecule has 0 atom stereocenters. The molecule has 1 aromatic rings. The highest BCUT2D eigenvalue weighted by Crippen LogP contribution is 2.09. The molecule has 17 heavy (non-hydrogen) atoms. The molecule has 0 aromatic heterocycles. The third-order valence-corrected chi connectivity index (χ3v) is 2.56. The summed E-state index contributed by atoms with van der Waals surface area (Å²) in [4.78, 5) is 13.8. The number of hydrogen-bond acceptors (Lipinski definition) is 3. The summed E-state index contributed by atoms with van der Waals surface area (Å²) in [5.74, 6) is 0.00546. The molecular weight excluding hydrogens is 214 g/mol. The molecule has 0 saturated carbocycles. The number of nitrogens with two attached hydrogens (primary N) is 1. The van der Waals surface area contributed by atoms with Gasteiger partial charge in [-0.15, -0.1) is 0 Å². The molecule has 0 bridgehead atoms. The van der Waals surface area contributed by atoms with Gasteiger partial charge < -0.3 is 11.1 Å². The maximum absolute atomic E-state index is 11.8. The van der Waals surface area contributed by atoms with Gasteiger partial charge in [0.2, 0.25) is 5.91 Å². The van der Waals surface area contributed by atoms with Crippen molar-refractivity contribution in [1.29, 1.82) is 0 Å². The van der Waals surface area contributed by atoms with Gasteiger partial charge in [0.15, 0.2) is 0 Å². The van der Waals surface area contributed by atoms with Gasteiger partial charge >= 0.3 is 0 Å². The van der Waals surface area contributed by atoms with Crippen LogP contribution in [0.5, 0.6) is 0 Å². The van der Waals surface area contributed by atoms with Gasteiger partial charge in [-0.25, -0.2) is 0 Å². The fourth-order valence-electron chi connectivity index (χ4n) is 1.66. The first-order valence-corrected chi connectivity index (χ1v) is 5.94. The molecule has 4 heteroatoms. The van der Waals surface area contributed by atoms with Crippen molar-refractivity contribution in [1.82, 2.24) is 4.90 Å². The molecule has 0 unspecified atom stereocenters. The van der Waals surface area contributed by atoms with E-state index in [1.54, 1.807) is 0 Å². The summed E-state index contributed by atoms with van der Waals surface area (Å²) in [6.45, 7) is 6.57. The van der Waals surface area contributed by atoms with E-state index in [9.17, 15) is 4.79 Å². The third-order valence-electron chi connectivity index (χ3n) is 2.56. The Bertz CT molecular complexity index is 365. The number of nitrogens with zero attached hydrogens (tertiary/aromatic N) is 1. The molecule has 0 aliphatic rings. The molecule has 1 rings (SSSR count). The maximum Gasteiger partial charge on any atom is 0.238 e. The number of likely N-dealkylation sites (N-methyl/N-ethyl adjacent to an activating group) is 1. The van der Waals surface area contributed by atoms with E-state index in [4.69, 9.17) is 5.73 Å². The topological polar surface area (TPSA) is 58.4 Å². The zero-order valence-corrected chi connectivity index (χ0v) is 10.6. The van der Waals surface area contributed by atoms with Crippen molar-refractivity contribution < 1.29 is 4.79 Å². The second-order valence-corrected chi connectivity index (χ2v) is 4.08. The Morgan fingerprint density at radius 1 is 1.47 bits per heavy atom. The third kappa shape index (κ3) is 4.97. The minimum absolute atomic E-state index is 0.00546. The van der Waals surface area contributed by atoms with Crippen LogP contribution in [0.15, 0.2) is 24.3 Å². The number of hydrogen-bond donors (Lipinski definition) is 2. The number of carbonyl (C=O) groups is 1. The highest BCUT2D eigenvalue weighted by atomic mass is 16.2. The molecule has 94 valence electrons. The van der Waals surface area contributed by atoms with Gasteiger partial charge in [0.1, 0.15) is 0 Å². The summed E-state index contributed by atoms with van der Waals surface area (Å²) in [5, 5.41) is 2.88. The van der Waals surface area contributed by atoms with Crippen LogP contribution in [0.3, 0.4) is 0 Å². The van der Waals surface area contributed by atoms with Crippen LogP contribution in [0.4, 0.5) is 5.69 Å². The Hall–Kier alpha value is -1.39. The number of benzene rings is 1. The second kappa shape index (κ2) is 7.04. The van der Waals surface area contributed by atoms with E-state index in [1.165, 1.54) is 0 Å². The lowest BCUT2D eigenvalue weighted by molar-refractivity contribution is -0.117. The van der Waals surface area contributed by atoms with Crippen molar-refractivity contribution in [2.45, 2.75) is 13.8 Å². The molecule has 1 aromatic carbocycles. The molecule has 0 heterocycles. The van der Waals surface area contributed by atoms with E-state index < -0.39 is 0 Å². The van der Waals surface area contributed by atoms with Crippen molar-refractivity contribution in [3.8, 4) is 0 Å². The lowest BCUT2D eigenvalue weighted by Gasteiger charge is -2.18. The lowest BCUT2D eigenvalue weighted by Crippen LogP contribution is -2.36. The zero-order chi connectivity index (χ0) is 12.7. The van der Waals surface area contributed by atoms with Crippen LogP contribution in [0.1, 0.15) is 12.5 Å². The van der Waals surface area contributed by atoms with Crippen LogP contribution in [-0.4, -0.2) is 37.0 Å². The first kappa shape index (κ1) is 13.7. The number of carbonyl (C=O) groups excluding carboxylic acids is 1. The fourth-order valence-corrected chi connectivity index (χ4v) is 1.66. The van der Waals surface area contributed by atoms with E-state index in [0.717, 1.165) is 24.3 Å². The largest absolute Gasteiger partial charge is 0.329 e. The Morgan fingerprint density at radius 3 is 2.82 bits per heavy atom. The molecule has 1 amide bonds. The average Bonchev–Trinajstić information content (AvgIpc) is 2.28. The van der Waals surface area contributed by atoms with Crippen molar-refractivity contribution in [3.63, 3.8) is 0 Å². The Labute approximate surface area is 103 Å². The molecule has 0 aliphatic heterocycles. The molecule has 0 spiro atoms. The lowest BCUT2D eigenvalue weighted by atomic mass is 10.2. The van der Waals surface area contributed by atoms with Gasteiger partial charge in [0.25, 0.3) is 0 Å². The van der Waals surface area contributed by atoms with Crippen molar-refractivity contribution in [2.75, 3.05) is 31.5 Å². The predicted octanol–water partition coefficient (Wildman–Crippen LogP) is 1.21. The van der Waals surface area contributed by atoms with Gasteiger partial charge in [-0.2, -0.15) is 0 Å². The summed E-state index contributed by atoms with van der Waals surface area (Å²) in [6, 6.07) is 7.78. The summed E-state index contributed by atoms with van der Waals surface area (Å²) in [6.07, 6.45) is 0. The van der Waals surface area contributed by atoms with Crippen molar-refractivity contribution in [2.24, 2.45) is 5.73 Å². The quantitative estimate of drug-likeness (QED) is 0.779. The van der Waals surface area contributed by atoms with E-state index in [2.05, 4.69) is 5.32 Å². The van der Waals surface area contributed by atoms with Crippen LogP contribution in [0, 0.1) is 6.92 Å². The van der Waals surface area contributed by atoms with E-state index >= 15 is 0 Å². The van der Waals surface area contributed by atoms with Gasteiger partial charge in [0, 0.05) is 18.8 Å². The van der Waals surface area contributed by atoms with Crippen molar-refractivity contribution >= 4 is 11.6 Å². The van der Waals surface area contributed by atoms with E-state index in [-0.39, 0.29) is 5.91 Å². The highest BCUT2D eigenvalue weighted by molar-refractivity contribution is 5.92. The standard InChI is InChI=1S/C13H21N3O/c1-3-16(8-7-14)10-13(17)15-12-6-4-5-11(2)9-12/h4-6,9H,3,7-8,10,14H2,1-2H3,(H,15,17). The van der Waals surface area contributed by atoms with Crippen LogP contribution < -0.4 is 11.1 Å². The highest BCUT2D eigenvalue weighted by Gasteiger charge is 2.08. The fraction of sp³-hybridized carbons (Fsp3) is 0.462. The van der Waals surface area contributed by atoms with Gasteiger partial charge in [0.05, 0.1) is 6.54 Å². The number of rotatable bonds is 6. The Kier molecular flexibility index (Phi) is 5.66. The van der Waals surface area contributed by atoms with Gasteiger partial charge in [-0.05, 0) is 31.2 Å². The second-order valence-electron chi connectivity index (χ2n) is 4.08. The number of aryl methyl sites for hydroxylation is 1. The molecule has 0 radical (unpaired) electrons. The summed E-state index contributed by atoms with van der Waals surface area (Å²) in [5.41, 5.74) is 7.46. The van der Waals surface area contributed by atoms with Crippen LogP contribution in [0.2, 0.25) is 0 Å². The molecule has 0 saturated heterocycles. The van der Waals surface area contributed by atoms with Gasteiger partial charge in [-0.1, -0.05) is 19.1 Å². The summed E-state index contributed by atoms with van der Waals surface area (Å²) in [7, 11) is 0. The SMILES string of the molecule is CCN(CCN)CC(=O)Nc1cccc(C)c1. The zero-order valence-electron chi connectivity index (χ0n) is 10.6. The van der Waals surface area contributed by atoms with E-state index in [1.807, 2.05) is 43.0 Å². The first-order valence-electron chi connectivity index (χ1n) is 5.94. The van der Waals surface area contributed by atoms with Crippen LogP contribution in [-0.2, 0) is 4.79 Å². The van der Waals surface area contributed by atoms with Crippen LogP contribution >= 0.6 is 0 Å². The maximum atomic E-state index is 11.8. The average molecular weight is 235 g/mol. The minimum atomic E-state index is 0.00546. The number of nitrogens with one attached hydrogen (secondary N) is 1. The molecule has 3 N–H and O–H groups in total. The van der Waals surface area contributed by atoms with E-state index in [0.29, 0.717) is 13.1 Å². The number of amides is 1. The summed E-state index contributed by atoms with van der Waals surface area (Å²) < 4.78 is 0. The monoisotopic (exact) mass is 235 g/mol. The molecule has 0 fully saturated rings.